The van der Waals surface area contributed by atoms with E-state index in [1.807, 2.05) is 6.07 Å². The number of rotatable bonds is 2. The lowest BCUT2D eigenvalue weighted by Gasteiger charge is -2.00. The molecule has 0 aliphatic rings. The molecule has 0 aliphatic carbocycles. The molecule has 0 atom stereocenters. The first kappa shape index (κ1) is 8.28. The lowest BCUT2D eigenvalue weighted by Crippen LogP contribution is -1.92. The van der Waals surface area contributed by atoms with Gasteiger partial charge in [-0.3, -0.25) is 0 Å². The topological polar surface area (TPSA) is 45.9 Å². The Hall–Kier alpha value is -1.82. The fraction of sp³-hybridized carbons (Fsp3) is 0.111. The maximum Gasteiger partial charge on any atom is 0.231 e. The second kappa shape index (κ2) is 3.54. The molecule has 0 radical (unpaired) electrons. The summed E-state index contributed by atoms with van der Waals surface area (Å²) in [6.07, 6.45) is 1.60. The summed E-state index contributed by atoms with van der Waals surface area (Å²) in [6, 6.07) is 5.35. The molecule has 0 saturated carbocycles. The predicted octanol–water partition coefficient (Wildman–Crippen LogP) is 1.60. The molecule has 0 fully saturated rings. The Bertz CT molecular complexity index is 339. The highest BCUT2D eigenvalue weighted by Crippen LogP contribution is 2.14. The standard InChI is InChI=1S/C9H8N2O/c1-3-8-5-4-7(6-10)9(11-8)12-2/h3-5H,1H2,2H3. The van der Waals surface area contributed by atoms with Gasteiger partial charge in [-0.05, 0) is 18.2 Å². The second-order valence-corrected chi connectivity index (χ2v) is 2.11. The van der Waals surface area contributed by atoms with Crippen LogP contribution in [0.4, 0.5) is 0 Å². The third-order valence-electron chi connectivity index (χ3n) is 1.40. The molecular weight excluding hydrogens is 152 g/mol. The van der Waals surface area contributed by atoms with Gasteiger partial charge in [0.2, 0.25) is 5.88 Å². The first-order valence-electron chi connectivity index (χ1n) is 3.39. The van der Waals surface area contributed by atoms with Crippen LogP contribution in [-0.2, 0) is 0 Å². The van der Waals surface area contributed by atoms with Gasteiger partial charge in [-0.15, -0.1) is 0 Å². The Kier molecular flexibility index (Phi) is 2.44. The molecule has 1 aromatic heterocycles. The quantitative estimate of drug-likeness (QED) is 0.660. The average Bonchev–Trinajstić information content (AvgIpc) is 2.16. The SMILES string of the molecule is C=Cc1ccc(C#N)c(OC)n1. The van der Waals surface area contributed by atoms with Crippen molar-refractivity contribution in [1.29, 1.82) is 5.26 Å². The largest absolute Gasteiger partial charge is 0.480 e. The third kappa shape index (κ3) is 1.43. The van der Waals surface area contributed by atoms with Crippen molar-refractivity contribution < 1.29 is 4.74 Å². The van der Waals surface area contributed by atoms with Crippen molar-refractivity contribution in [2.75, 3.05) is 7.11 Å². The van der Waals surface area contributed by atoms with Crippen LogP contribution < -0.4 is 4.74 Å². The fourth-order valence-corrected chi connectivity index (χ4v) is 0.809. The van der Waals surface area contributed by atoms with E-state index < -0.39 is 0 Å². The first-order valence-corrected chi connectivity index (χ1v) is 3.39. The Morgan fingerprint density at radius 3 is 2.92 bits per heavy atom. The summed E-state index contributed by atoms with van der Waals surface area (Å²) in [5.74, 6) is 0.343. The molecule has 1 heterocycles. The van der Waals surface area contributed by atoms with Crippen molar-refractivity contribution in [2.45, 2.75) is 0 Å². The molecule has 0 N–H and O–H groups in total. The molecule has 0 amide bonds. The summed E-state index contributed by atoms with van der Waals surface area (Å²) in [5, 5.41) is 8.62. The van der Waals surface area contributed by atoms with Crippen LogP contribution in [0.25, 0.3) is 6.08 Å². The van der Waals surface area contributed by atoms with Crippen LogP contribution in [0.3, 0.4) is 0 Å². The van der Waals surface area contributed by atoms with Crippen molar-refractivity contribution in [3.8, 4) is 11.9 Å². The van der Waals surface area contributed by atoms with Crippen molar-refractivity contribution in [2.24, 2.45) is 0 Å². The van der Waals surface area contributed by atoms with E-state index >= 15 is 0 Å². The van der Waals surface area contributed by atoms with Gasteiger partial charge in [0.1, 0.15) is 11.6 Å². The van der Waals surface area contributed by atoms with E-state index in [9.17, 15) is 0 Å². The minimum Gasteiger partial charge on any atom is -0.480 e. The molecule has 3 nitrogen and oxygen atoms in total. The van der Waals surface area contributed by atoms with Gasteiger partial charge in [0.15, 0.2) is 0 Å². The molecule has 0 spiro atoms. The number of nitrogens with zero attached hydrogens (tertiary/aromatic N) is 2. The number of hydrogen-bond acceptors (Lipinski definition) is 3. The van der Waals surface area contributed by atoms with E-state index in [-0.39, 0.29) is 0 Å². The van der Waals surface area contributed by atoms with E-state index in [0.29, 0.717) is 17.1 Å². The van der Waals surface area contributed by atoms with E-state index in [0.717, 1.165) is 0 Å². The summed E-state index contributed by atoms with van der Waals surface area (Å²) in [5.41, 5.74) is 1.13. The van der Waals surface area contributed by atoms with Gasteiger partial charge in [0.25, 0.3) is 0 Å². The van der Waals surface area contributed by atoms with E-state index in [1.54, 1.807) is 18.2 Å². The Balaban J connectivity index is 3.21. The van der Waals surface area contributed by atoms with Gasteiger partial charge in [0, 0.05) is 0 Å². The summed E-state index contributed by atoms with van der Waals surface area (Å²) >= 11 is 0. The highest BCUT2D eigenvalue weighted by Gasteiger charge is 2.02. The number of hydrogen-bond donors (Lipinski definition) is 0. The Labute approximate surface area is 70.9 Å². The highest BCUT2D eigenvalue weighted by molar-refractivity contribution is 5.47. The van der Waals surface area contributed by atoms with Crippen LogP contribution in [0.1, 0.15) is 11.3 Å². The molecule has 0 aliphatic heterocycles. The lowest BCUT2D eigenvalue weighted by molar-refractivity contribution is 0.396. The summed E-state index contributed by atoms with van der Waals surface area (Å²) in [6.45, 7) is 3.56. The predicted molar refractivity (Wildman–Crippen MR) is 45.6 cm³/mol. The van der Waals surface area contributed by atoms with Crippen LogP contribution >= 0.6 is 0 Å². The molecule has 1 aromatic rings. The van der Waals surface area contributed by atoms with Crippen molar-refractivity contribution >= 4 is 6.08 Å². The van der Waals surface area contributed by atoms with Gasteiger partial charge in [-0.1, -0.05) is 6.58 Å². The van der Waals surface area contributed by atoms with Gasteiger partial charge in [-0.2, -0.15) is 5.26 Å². The number of ether oxygens (including phenoxy) is 1. The Morgan fingerprint density at radius 1 is 1.67 bits per heavy atom. The normalized spacial score (nSPS) is 8.67. The molecule has 1 rings (SSSR count). The Morgan fingerprint density at radius 2 is 2.42 bits per heavy atom. The van der Waals surface area contributed by atoms with Gasteiger partial charge < -0.3 is 4.74 Å². The summed E-state index contributed by atoms with van der Waals surface area (Å²) in [4.78, 5) is 4.02. The molecule has 0 saturated heterocycles. The van der Waals surface area contributed by atoms with E-state index in [1.165, 1.54) is 7.11 Å². The zero-order valence-corrected chi connectivity index (χ0v) is 6.74. The zero-order valence-electron chi connectivity index (χ0n) is 6.74. The number of methoxy groups -OCH3 is 1. The van der Waals surface area contributed by atoms with Crippen molar-refractivity contribution in [3.63, 3.8) is 0 Å². The maximum absolute atomic E-state index is 8.62. The van der Waals surface area contributed by atoms with E-state index in [2.05, 4.69) is 11.6 Å². The monoisotopic (exact) mass is 160 g/mol. The second-order valence-electron chi connectivity index (χ2n) is 2.11. The van der Waals surface area contributed by atoms with Gasteiger partial charge in [-0.25, -0.2) is 4.98 Å². The molecule has 0 unspecified atom stereocenters. The number of nitriles is 1. The molecule has 3 heteroatoms. The molecule has 12 heavy (non-hydrogen) atoms. The number of pyridine rings is 1. The van der Waals surface area contributed by atoms with Crippen LogP contribution in [0.5, 0.6) is 5.88 Å². The number of aromatic nitrogens is 1. The van der Waals surface area contributed by atoms with Crippen molar-refractivity contribution in [3.05, 3.63) is 30.0 Å². The zero-order chi connectivity index (χ0) is 8.97. The third-order valence-corrected chi connectivity index (χ3v) is 1.40. The van der Waals surface area contributed by atoms with E-state index in [4.69, 9.17) is 10.00 Å². The smallest absolute Gasteiger partial charge is 0.231 e. The van der Waals surface area contributed by atoms with Crippen molar-refractivity contribution in [1.82, 2.24) is 4.98 Å². The fourth-order valence-electron chi connectivity index (χ4n) is 0.809. The van der Waals surface area contributed by atoms with Crippen LogP contribution in [0, 0.1) is 11.3 Å². The maximum atomic E-state index is 8.62. The molecule has 0 aromatic carbocycles. The lowest BCUT2D eigenvalue weighted by atomic mass is 10.2. The van der Waals surface area contributed by atoms with Gasteiger partial charge >= 0.3 is 0 Å². The molecular formula is C9H8N2O. The minimum atomic E-state index is 0.343. The highest BCUT2D eigenvalue weighted by atomic mass is 16.5. The van der Waals surface area contributed by atoms with Crippen LogP contribution in [0.15, 0.2) is 18.7 Å². The van der Waals surface area contributed by atoms with Crippen LogP contribution in [-0.4, -0.2) is 12.1 Å². The summed E-state index contributed by atoms with van der Waals surface area (Å²) in [7, 11) is 1.48. The first-order chi connectivity index (χ1) is 5.81. The summed E-state index contributed by atoms with van der Waals surface area (Å²) < 4.78 is 4.90. The average molecular weight is 160 g/mol. The van der Waals surface area contributed by atoms with Gasteiger partial charge in [0.05, 0.1) is 12.8 Å². The molecule has 60 valence electrons. The molecule has 0 bridgehead atoms. The minimum absolute atomic E-state index is 0.343. The van der Waals surface area contributed by atoms with Crippen LogP contribution in [0.2, 0.25) is 0 Å².